The highest BCUT2D eigenvalue weighted by atomic mass is 16.1. The fourth-order valence-corrected chi connectivity index (χ4v) is 2.36. The van der Waals surface area contributed by atoms with E-state index < -0.39 is 0 Å². The molecule has 2 rings (SSSR count). The molecule has 3 N–H and O–H groups in total. The van der Waals surface area contributed by atoms with E-state index in [2.05, 4.69) is 15.6 Å². The molecule has 0 saturated heterocycles. The number of amides is 1. The standard InChI is InChI=1S/C11H19N5O/c12-8-9-2-1-3-10(9)14-11(17)4-6-16-7-5-13-15-16/h5,7,9-10H,1-4,6,8,12H2,(H,14,17). The molecule has 1 aliphatic carbocycles. The molecule has 0 aliphatic heterocycles. The molecule has 2 atom stereocenters. The smallest absolute Gasteiger partial charge is 0.222 e. The van der Waals surface area contributed by atoms with E-state index in [1.165, 1.54) is 0 Å². The average Bonchev–Trinajstić information content (AvgIpc) is 2.97. The van der Waals surface area contributed by atoms with E-state index in [0.717, 1.165) is 19.3 Å². The quantitative estimate of drug-likeness (QED) is 0.749. The van der Waals surface area contributed by atoms with Gasteiger partial charge in [0.1, 0.15) is 0 Å². The Labute approximate surface area is 101 Å². The SMILES string of the molecule is NCC1CCCC1NC(=O)CCn1ccnn1. The van der Waals surface area contributed by atoms with Crippen molar-refractivity contribution in [2.45, 2.75) is 38.3 Å². The lowest BCUT2D eigenvalue weighted by Gasteiger charge is -2.19. The molecule has 1 saturated carbocycles. The summed E-state index contributed by atoms with van der Waals surface area (Å²) in [5, 5.41) is 10.6. The minimum atomic E-state index is 0.0749. The van der Waals surface area contributed by atoms with Crippen molar-refractivity contribution in [3.63, 3.8) is 0 Å². The zero-order valence-electron chi connectivity index (χ0n) is 9.88. The van der Waals surface area contributed by atoms with E-state index >= 15 is 0 Å². The van der Waals surface area contributed by atoms with Crippen LogP contribution in [0.4, 0.5) is 0 Å². The van der Waals surface area contributed by atoms with Crippen molar-refractivity contribution in [2.24, 2.45) is 11.7 Å². The van der Waals surface area contributed by atoms with Crippen molar-refractivity contribution in [3.8, 4) is 0 Å². The zero-order chi connectivity index (χ0) is 12.1. The maximum Gasteiger partial charge on any atom is 0.222 e. The minimum Gasteiger partial charge on any atom is -0.353 e. The van der Waals surface area contributed by atoms with Gasteiger partial charge in [-0.1, -0.05) is 11.6 Å². The number of aromatic nitrogens is 3. The van der Waals surface area contributed by atoms with Gasteiger partial charge in [0.2, 0.25) is 5.91 Å². The van der Waals surface area contributed by atoms with Gasteiger partial charge in [-0.05, 0) is 25.3 Å². The first-order valence-electron chi connectivity index (χ1n) is 6.13. The van der Waals surface area contributed by atoms with Crippen molar-refractivity contribution in [3.05, 3.63) is 12.4 Å². The molecule has 0 radical (unpaired) electrons. The Kier molecular flexibility index (Phi) is 4.08. The third kappa shape index (κ3) is 3.26. The third-order valence-electron chi connectivity index (χ3n) is 3.35. The third-order valence-corrected chi connectivity index (χ3v) is 3.35. The summed E-state index contributed by atoms with van der Waals surface area (Å²) in [6, 6.07) is 0.267. The maximum atomic E-state index is 11.7. The summed E-state index contributed by atoms with van der Waals surface area (Å²) in [5.74, 6) is 0.524. The van der Waals surface area contributed by atoms with Gasteiger partial charge < -0.3 is 11.1 Å². The Hall–Kier alpha value is -1.43. The Bertz CT molecular complexity index is 351. The summed E-state index contributed by atoms with van der Waals surface area (Å²) < 4.78 is 1.66. The molecule has 1 aromatic rings. The molecule has 6 nitrogen and oxygen atoms in total. The Morgan fingerprint density at radius 3 is 3.12 bits per heavy atom. The molecular formula is C11H19N5O. The monoisotopic (exact) mass is 237 g/mol. The summed E-state index contributed by atoms with van der Waals surface area (Å²) in [5.41, 5.74) is 5.68. The molecule has 6 heteroatoms. The average molecular weight is 237 g/mol. The number of carbonyl (C=O) groups is 1. The molecule has 1 aromatic heterocycles. The van der Waals surface area contributed by atoms with Gasteiger partial charge in [0.15, 0.2) is 0 Å². The minimum absolute atomic E-state index is 0.0749. The van der Waals surface area contributed by atoms with Crippen molar-refractivity contribution in [2.75, 3.05) is 6.54 Å². The van der Waals surface area contributed by atoms with Gasteiger partial charge in [-0.3, -0.25) is 9.48 Å². The second-order valence-corrected chi connectivity index (χ2v) is 4.52. The van der Waals surface area contributed by atoms with Gasteiger partial charge >= 0.3 is 0 Å². The highest BCUT2D eigenvalue weighted by Crippen LogP contribution is 2.24. The highest BCUT2D eigenvalue weighted by molar-refractivity contribution is 5.76. The van der Waals surface area contributed by atoms with Crippen LogP contribution < -0.4 is 11.1 Å². The van der Waals surface area contributed by atoms with Crippen LogP contribution in [0.15, 0.2) is 12.4 Å². The van der Waals surface area contributed by atoms with Crippen LogP contribution in [0.3, 0.4) is 0 Å². The highest BCUT2D eigenvalue weighted by Gasteiger charge is 2.26. The summed E-state index contributed by atoms with van der Waals surface area (Å²) in [7, 11) is 0. The van der Waals surface area contributed by atoms with Gasteiger partial charge in [0.25, 0.3) is 0 Å². The van der Waals surface area contributed by atoms with E-state index in [1.54, 1.807) is 17.1 Å². The molecule has 17 heavy (non-hydrogen) atoms. The molecule has 0 aromatic carbocycles. The molecule has 1 heterocycles. The number of rotatable bonds is 5. The Morgan fingerprint density at radius 1 is 1.53 bits per heavy atom. The van der Waals surface area contributed by atoms with Gasteiger partial charge in [0, 0.05) is 18.7 Å². The predicted octanol–water partition coefficient (Wildman–Crippen LogP) is -0.0882. The van der Waals surface area contributed by atoms with Gasteiger partial charge in [-0.25, -0.2) is 0 Å². The number of nitrogens with two attached hydrogens (primary N) is 1. The summed E-state index contributed by atoms with van der Waals surface area (Å²) in [6.07, 6.45) is 7.15. The van der Waals surface area contributed by atoms with Crippen molar-refractivity contribution < 1.29 is 4.79 Å². The molecule has 94 valence electrons. The van der Waals surface area contributed by atoms with Gasteiger partial charge in [-0.15, -0.1) is 5.10 Å². The largest absolute Gasteiger partial charge is 0.353 e. The number of hydrogen-bond donors (Lipinski definition) is 2. The first-order chi connectivity index (χ1) is 8.29. The number of nitrogens with one attached hydrogen (secondary N) is 1. The van der Waals surface area contributed by atoms with E-state index in [-0.39, 0.29) is 11.9 Å². The fraction of sp³-hybridized carbons (Fsp3) is 0.727. The second-order valence-electron chi connectivity index (χ2n) is 4.52. The first-order valence-corrected chi connectivity index (χ1v) is 6.13. The molecular weight excluding hydrogens is 218 g/mol. The van der Waals surface area contributed by atoms with E-state index in [0.29, 0.717) is 25.4 Å². The second kappa shape index (κ2) is 5.77. The number of hydrogen-bond acceptors (Lipinski definition) is 4. The molecule has 2 unspecified atom stereocenters. The fourth-order valence-electron chi connectivity index (χ4n) is 2.36. The molecule has 0 spiro atoms. The normalized spacial score (nSPS) is 23.8. The van der Waals surface area contributed by atoms with Crippen molar-refractivity contribution in [1.82, 2.24) is 20.3 Å². The zero-order valence-corrected chi connectivity index (χ0v) is 9.88. The van der Waals surface area contributed by atoms with Gasteiger partial charge in [0.05, 0.1) is 12.7 Å². The summed E-state index contributed by atoms with van der Waals surface area (Å²) >= 11 is 0. The van der Waals surface area contributed by atoms with Crippen LogP contribution in [0.25, 0.3) is 0 Å². The van der Waals surface area contributed by atoms with Crippen molar-refractivity contribution >= 4 is 5.91 Å². The van der Waals surface area contributed by atoms with E-state index in [1.807, 2.05) is 0 Å². The van der Waals surface area contributed by atoms with Crippen molar-refractivity contribution in [1.29, 1.82) is 0 Å². The predicted molar refractivity (Wildman–Crippen MR) is 63.0 cm³/mol. The Balaban J connectivity index is 1.73. The van der Waals surface area contributed by atoms with E-state index in [9.17, 15) is 4.79 Å². The van der Waals surface area contributed by atoms with Crippen LogP contribution in [0.5, 0.6) is 0 Å². The first kappa shape index (κ1) is 12.0. The maximum absolute atomic E-state index is 11.7. The molecule has 1 fully saturated rings. The lowest BCUT2D eigenvalue weighted by molar-refractivity contribution is -0.122. The van der Waals surface area contributed by atoms with Crippen LogP contribution in [0.2, 0.25) is 0 Å². The molecule has 0 bridgehead atoms. The lowest BCUT2D eigenvalue weighted by atomic mass is 10.0. The topological polar surface area (TPSA) is 85.8 Å². The summed E-state index contributed by atoms with van der Waals surface area (Å²) in [4.78, 5) is 11.7. The Morgan fingerprint density at radius 2 is 2.41 bits per heavy atom. The van der Waals surface area contributed by atoms with Gasteiger partial charge in [-0.2, -0.15) is 0 Å². The molecule has 1 amide bonds. The van der Waals surface area contributed by atoms with Crippen LogP contribution in [0, 0.1) is 5.92 Å². The number of aryl methyl sites for hydroxylation is 1. The molecule has 1 aliphatic rings. The van der Waals surface area contributed by atoms with Crippen LogP contribution in [-0.4, -0.2) is 33.5 Å². The van der Waals surface area contributed by atoms with E-state index in [4.69, 9.17) is 5.73 Å². The number of carbonyl (C=O) groups excluding carboxylic acids is 1. The number of nitrogens with zero attached hydrogens (tertiary/aromatic N) is 3. The van der Waals surface area contributed by atoms with Crippen LogP contribution in [0.1, 0.15) is 25.7 Å². The van der Waals surface area contributed by atoms with Crippen LogP contribution >= 0.6 is 0 Å². The van der Waals surface area contributed by atoms with Crippen LogP contribution in [-0.2, 0) is 11.3 Å². The summed E-state index contributed by atoms with van der Waals surface area (Å²) in [6.45, 7) is 1.24. The lowest BCUT2D eigenvalue weighted by Crippen LogP contribution is -2.40.